The number of nitrogens with zero attached hydrogens (tertiary/aromatic N) is 2. The molecule has 2 rings (SSSR count). The van der Waals surface area contributed by atoms with Crippen LogP contribution in [0.2, 0.25) is 0 Å². The molecule has 5 heteroatoms. The van der Waals surface area contributed by atoms with Crippen molar-refractivity contribution in [2.24, 2.45) is 5.73 Å². The molecule has 5 nitrogen and oxygen atoms in total. The number of nitrogens with two attached hydrogens (primary N) is 1. The fraction of sp³-hybridized carbons (Fsp3) is 0.286. The molecule has 0 amide bonds. The molecule has 0 bridgehead atoms. The quantitative estimate of drug-likeness (QED) is 0.882. The number of hydrogen-bond acceptors (Lipinski definition) is 5. The van der Waals surface area contributed by atoms with E-state index < -0.39 is 0 Å². The highest BCUT2D eigenvalue weighted by molar-refractivity contribution is 5.44. The molecule has 0 fully saturated rings. The highest BCUT2D eigenvalue weighted by Gasteiger charge is 2.19. The zero-order valence-electron chi connectivity index (χ0n) is 11.0. The van der Waals surface area contributed by atoms with E-state index in [9.17, 15) is 0 Å². The number of hydrogen-bond donors (Lipinski definition) is 1. The number of ether oxygens (including phenoxy) is 2. The van der Waals surface area contributed by atoms with Gasteiger partial charge in [0.2, 0.25) is 0 Å². The molecule has 1 aromatic heterocycles. The lowest BCUT2D eigenvalue weighted by Crippen LogP contribution is -2.17. The van der Waals surface area contributed by atoms with Gasteiger partial charge in [0.15, 0.2) is 0 Å². The summed E-state index contributed by atoms with van der Waals surface area (Å²) >= 11 is 0. The van der Waals surface area contributed by atoms with Gasteiger partial charge in [-0.1, -0.05) is 6.07 Å². The molecular weight excluding hydrogens is 242 g/mol. The summed E-state index contributed by atoms with van der Waals surface area (Å²) in [4.78, 5) is 8.53. The highest BCUT2D eigenvalue weighted by atomic mass is 16.5. The maximum atomic E-state index is 5.86. The summed E-state index contributed by atoms with van der Waals surface area (Å²) in [7, 11) is 3.24. The molecule has 100 valence electrons. The Bertz CT molecular complexity index is 531. The van der Waals surface area contributed by atoms with Gasteiger partial charge in [0.25, 0.3) is 0 Å². The second kappa shape index (κ2) is 6.15. The first-order chi connectivity index (χ1) is 9.30. The molecule has 2 aromatic rings. The minimum atomic E-state index is -0.0953. The molecule has 0 aliphatic heterocycles. The molecular formula is C14H17N3O2. The van der Waals surface area contributed by atoms with Crippen molar-refractivity contribution < 1.29 is 9.47 Å². The molecule has 1 aromatic carbocycles. The Morgan fingerprint density at radius 2 is 1.89 bits per heavy atom. The maximum absolute atomic E-state index is 5.86. The van der Waals surface area contributed by atoms with Gasteiger partial charge in [-0.2, -0.15) is 0 Å². The fourth-order valence-electron chi connectivity index (χ4n) is 1.97. The van der Waals surface area contributed by atoms with E-state index >= 15 is 0 Å². The Morgan fingerprint density at radius 1 is 1.16 bits per heavy atom. The minimum Gasteiger partial charge on any atom is -0.497 e. The molecule has 1 atom stereocenters. The van der Waals surface area contributed by atoms with Crippen LogP contribution in [0.1, 0.15) is 17.3 Å². The average molecular weight is 259 g/mol. The maximum Gasteiger partial charge on any atom is 0.137 e. The van der Waals surface area contributed by atoms with Gasteiger partial charge in [0.1, 0.15) is 17.3 Å². The normalized spacial score (nSPS) is 11.9. The van der Waals surface area contributed by atoms with Crippen molar-refractivity contribution in [1.29, 1.82) is 0 Å². The molecule has 2 N–H and O–H groups in total. The smallest absolute Gasteiger partial charge is 0.137 e. The number of aromatic nitrogens is 2. The Labute approximate surface area is 112 Å². The van der Waals surface area contributed by atoms with Crippen LogP contribution >= 0.6 is 0 Å². The van der Waals surface area contributed by atoms with Crippen LogP contribution < -0.4 is 15.2 Å². The van der Waals surface area contributed by atoms with Gasteiger partial charge in [0.05, 0.1) is 20.1 Å². The van der Waals surface area contributed by atoms with Crippen LogP contribution in [0.5, 0.6) is 11.5 Å². The van der Waals surface area contributed by atoms with Crippen molar-refractivity contribution in [2.75, 3.05) is 20.8 Å². The highest BCUT2D eigenvalue weighted by Crippen LogP contribution is 2.32. The van der Waals surface area contributed by atoms with E-state index in [1.54, 1.807) is 32.7 Å². The van der Waals surface area contributed by atoms with E-state index in [4.69, 9.17) is 15.2 Å². The molecule has 0 aliphatic rings. The third-order valence-corrected chi connectivity index (χ3v) is 2.95. The summed E-state index contributed by atoms with van der Waals surface area (Å²) in [5.74, 6) is 2.06. The summed E-state index contributed by atoms with van der Waals surface area (Å²) in [6, 6.07) is 7.43. The lowest BCUT2D eigenvalue weighted by molar-refractivity contribution is 0.389. The molecule has 0 saturated heterocycles. The van der Waals surface area contributed by atoms with Gasteiger partial charge in [0, 0.05) is 30.6 Å². The van der Waals surface area contributed by atoms with Gasteiger partial charge in [-0.05, 0) is 12.1 Å². The number of benzene rings is 1. The molecule has 0 spiro atoms. The molecule has 1 unspecified atom stereocenters. The van der Waals surface area contributed by atoms with Gasteiger partial charge in [-0.3, -0.25) is 0 Å². The van der Waals surface area contributed by atoms with Gasteiger partial charge < -0.3 is 15.2 Å². The van der Waals surface area contributed by atoms with Crippen molar-refractivity contribution in [3.8, 4) is 11.5 Å². The molecule has 0 saturated carbocycles. The third kappa shape index (κ3) is 2.82. The van der Waals surface area contributed by atoms with Crippen molar-refractivity contribution >= 4 is 0 Å². The number of rotatable bonds is 5. The summed E-state index contributed by atoms with van der Waals surface area (Å²) in [5.41, 5.74) is 6.82. The van der Waals surface area contributed by atoms with E-state index in [1.165, 1.54) is 0 Å². The topological polar surface area (TPSA) is 70.3 Å². The first-order valence-electron chi connectivity index (χ1n) is 5.99. The van der Waals surface area contributed by atoms with Crippen molar-refractivity contribution in [3.63, 3.8) is 0 Å². The van der Waals surface area contributed by atoms with Crippen LogP contribution in [0.4, 0.5) is 0 Å². The van der Waals surface area contributed by atoms with Crippen LogP contribution in [0, 0.1) is 0 Å². The largest absolute Gasteiger partial charge is 0.497 e. The SMILES string of the molecule is COc1ccc(C(CN)c2ncccn2)c(OC)c1. The average Bonchev–Trinajstić information content (AvgIpc) is 2.49. The summed E-state index contributed by atoms with van der Waals surface area (Å²) < 4.78 is 10.6. The van der Waals surface area contributed by atoms with Gasteiger partial charge >= 0.3 is 0 Å². The molecule has 19 heavy (non-hydrogen) atoms. The second-order valence-corrected chi connectivity index (χ2v) is 4.00. The van der Waals surface area contributed by atoms with Crippen LogP contribution in [0.25, 0.3) is 0 Å². The lowest BCUT2D eigenvalue weighted by atomic mass is 9.97. The predicted molar refractivity (Wildman–Crippen MR) is 72.5 cm³/mol. The van der Waals surface area contributed by atoms with Crippen LogP contribution in [0.3, 0.4) is 0 Å². The Hall–Kier alpha value is -2.14. The zero-order chi connectivity index (χ0) is 13.7. The Kier molecular flexibility index (Phi) is 4.30. The predicted octanol–water partition coefficient (Wildman–Crippen LogP) is 1.58. The van der Waals surface area contributed by atoms with Crippen molar-refractivity contribution in [1.82, 2.24) is 9.97 Å². The van der Waals surface area contributed by atoms with Crippen LogP contribution in [-0.2, 0) is 0 Å². The van der Waals surface area contributed by atoms with Crippen molar-refractivity contribution in [3.05, 3.63) is 48.0 Å². The second-order valence-electron chi connectivity index (χ2n) is 4.00. The number of methoxy groups -OCH3 is 2. The molecule has 0 aliphatic carbocycles. The van der Waals surface area contributed by atoms with E-state index in [0.717, 1.165) is 17.1 Å². The van der Waals surface area contributed by atoms with Crippen molar-refractivity contribution in [2.45, 2.75) is 5.92 Å². The summed E-state index contributed by atoms with van der Waals surface area (Å²) in [6.07, 6.45) is 3.42. The van der Waals surface area contributed by atoms with Crippen LogP contribution in [-0.4, -0.2) is 30.7 Å². The van der Waals surface area contributed by atoms with Gasteiger partial charge in [-0.25, -0.2) is 9.97 Å². The molecule has 0 radical (unpaired) electrons. The molecule has 1 heterocycles. The Morgan fingerprint density at radius 3 is 2.47 bits per heavy atom. The lowest BCUT2D eigenvalue weighted by Gasteiger charge is -2.17. The standard InChI is InChI=1S/C14H17N3O2/c1-18-10-4-5-11(13(8-10)19-2)12(9-15)14-16-6-3-7-17-14/h3-8,12H,9,15H2,1-2H3. The zero-order valence-corrected chi connectivity index (χ0v) is 11.0. The minimum absolute atomic E-state index is 0.0953. The van der Waals surface area contributed by atoms with E-state index in [2.05, 4.69) is 9.97 Å². The van der Waals surface area contributed by atoms with E-state index in [-0.39, 0.29) is 5.92 Å². The summed E-state index contributed by atoms with van der Waals surface area (Å²) in [5, 5.41) is 0. The third-order valence-electron chi connectivity index (χ3n) is 2.95. The Balaban J connectivity index is 2.43. The first kappa shape index (κ1) is 13.3. The van der Waals surface area contributed by atoms with Gasteiger partial charge in [-0.15, -0.1) is 0 Å². The summed E-state index contributed by atoms with van der Waals surface area (Å²) in [6.45, 7) is 0.409. The van der Waals surface area contributed by atoms with Crippen LogP contribution in [0.15, 0.2) is 36.7 Å². The monoisotopic (exact) mass is 259 g/mol. The van der Waals surface area contributed by atoms with E-state index in [0.29, 0.717) is 12.4 Å². The van der Waals surface area contributed by atoms with E-state index in [1.807, 2.05) is 18.2 Å². The first-order valence-corrected chi connectivity index (χ1v) is 5.99. The fourth-order valence-corrected chi connectivity index (χ4v) is 1.97.